The molecule has 1 aliphatic heterocycles. The van der Waals surface area contributed by atoms with Gasteiger partial charge in [0.2, 0.25) is 5.91 Å². The van der Waals surface area contributed by atoms with Crippen LogP contribution < -0.4 is 10.3 Å². The van der Waals surface area contributed by atoms with Gasteiger partial charge in [-0.2, -0.15) is 0 Å². The highest BCUT2D eigenvalue weighted by molar-refractivity contribution is 6.09. The van der Waals surface area contributed by atoms with Crippen LogP contribution in [0.5, 0.6) is 5.75 Å². The van der Waals surface area contributed by atoms with E-state index < -0.39 is 0 Å². The Labute approximate surface area is 224 Å². The lowest BCUT2D eigenvalue weighted by atomic mass is 9.89. The number of piperidine rings is 1. The zero-order valence-electron chi connectivity index (χ0n) is 23.2. The number of methoxy groups -OCH3 is 1. The number of nitrogens with zero attached hydrogens (tertiary/aromatic N) is 2. The summed E-state index contributed by atoms with van der Waals surface area (Å²) in [4.78, 5) is 43.9. The maximum atomic E-state index is 13.7. The summed E-state index contributed by atoms with van der Waals surface area (Å²) in [6, 6.07) is 10.1. The Kier molecular flexibility index (Phi) is 6.97. The molecule has 202 valence electrons. The van der Waals surface area contributed by atoms with Crippen LogP contribution >= 0.6 is 0 Å². The van der Waals surface area contributed by atoms with Crippen LogP contribution in [0.1, 0.15) is 79.3 Å². The fraction of sp³-hybridized carbons (Fsp3) is 0.516. The number of likely N-dealkylation sites (tertiary alicyclic amines) is 1. The van der Waals surface area contributed by atoms with Crippen molar-refractivity contribution in [3.8, 4) is 5.75 Å². The number of aromatic nitrogens is 2. The fourth-order valence-corrected chi connectivity index (χ4v) is 6.32. The molecule has 1 amide bonds. The summed E-state index contributed by atoms with van der Waals surface area (Å²) in [5.41, 5.74) is 3.68. The average Bonchev–Trinajstić information content (AvgIpc) is 3.59. The highest BCUT2D eigenvalue weighted by atomic mass is 16.5. The number of benzene rings is 1. The van der Waals surface area contributed by atoms with Crippen molar-refractivity contribution in [1.82, 2.24) is 14.5 Å². The molecule has 7 nitrogen and oxygen atoms in total. The second-order valence-corrected chi connectivity index (χ2v) is 11.5. The van der Waals surface area contributed by atoms with Gasteiger partial charge in [0.15, 0.2) is 5.78 Å². The number of ether oxygens (including phenoxy) is 1. The van der Waals surface area contributed by atoms with Crippen molar-refractivity contribution in [2.45, 2.75) is 72.3 Å². The first-order valence-corrected chi connectivity index (χ1v) is 13.8. The molecule has 1 N–H and O–H groups in total. The van der Waals surface area contributed by atoms with Crippen LogP contribution in [-0.2, 0) is 11.2 Å². The number of aryl methyl sites for hydroxylation is 1. The third-order valence-electron chi connectivity index (χ3n) is 8.92. The molecule has 2 aromatic heterocycles. The van der Waals surface area contributed by atoms with Gasteiger partial charge in [0.1, 0.15) is 5.75 Å². The normalized spacial score (nSPS) is 18.0. The number of carbonyl (C=O) groups is 2. The molecule has 1 saturated heterocycles. The number of ketones is 1. The lowest BCUT2D eigenvalue weighted by Gasteiger charge is -2.37. The minimum atomic E-state index is -0.206. The largest absolute Gasteiger partial charge is 0.496 e. The Balaban J connectivity index is 1.37. The number of para-hydroxylation sites is 1. The number of fused-ring (bicyclic) bond motifs is 1. The van der Waals surface area contributed by atoms with Gasteiger partial charge in [0, 0.05) is 58.8 Å². The number of aromatic amines is 1. The first kappa shape index (κ1) is 26.3. The molecule has 0 spiro atoms. The van der Waals surface area contributed by atoms with Gasteiger partial charge in [0.05, 0.1) is 12.7 Å². The van der Waals surface area contributed by atoms with Crippen molar-refractivity contribution < 1.29 is 14.3 Å². The van der Waals surface area contributed by atoms with Gasteiger partial charge < -0.3 is 19.2 Å². The molecular formula is C31H39N3O4. The van der Waals surface area contributed by atoms with E-state index in [1.807, 2.05) is 32.0 Å². The molecule has 3 heterocycles. The smallest absolute Gasteiger partial charge is 0.255 e. The second kappa shape index (κ2) is 10.1. The molecule has 2 fully saturated rings. The standard InChI is InChI=1S/C31H39N3O4/c1-19-18-27(38-5)24(29(36)32-19)10-11-26(35)28-21(3)34(25-9-7-6-8-23(25)28)20(2)22-12-16-33(17-13-22)30(37)31(4)14-15-31/h6-9,18,20,22H,10-17H2,1-5H3,(H,32,36)/t20-/m1/s1. The summed E-state index contributed by atoms with van der Waals surface area (Å²) in [6.45, 7) is 9.79. The Hall–Kier alpha value is -3.35. The number of pyridine rings is 1. The molecule has 3 aromatic rings. The first-order valence-electron chi connectivity index (χ1n) is 13.8. The second-order valence-electron chi connectivity index (χ2n) is 11.5. The molecule has 7 heteroatoms. The van der Waals surface area contributed by atoms with Crippen LogP contribution in [-0.4, -0.2) is 46.3 Å². The van der Waals surface area contributed by atoms with Crippen molar-refractivity contribution in [3.63, 3.8) is 0 Å². The van der Waals surface area contributed by atoms with Gasteiger partial charge in [-0.1, -0.05) is 25.1 Å². The van der Waals surface area contributed by atoms with E-state index in [4.69, 9.17) is 4.74 Å². The van der Waals surface area contributed by atoms with E-state index in [0.717, 1.165) is 66.6 Å². The number of hydrogen-bond acceptors (Lipinski definition) is 4. The number of H-pyrrole nitrogens is 1. The Morgan fingerprint density at radius 1 is 1.16 bits per heavy atom. The zero-order chi connectivity index (χ0) is 27.2. The summed E-state index contributed by atoms with van der Waals surface area (Å²) in [5, 5.41) is 0.959. The maximum Gasteiger partial charge on any atom is 0.255 e. The molecule has 0 bridgehead atoms. The van der Waals surface area contributed by atoms with E-state index in [1.54, 1.807) is 13.2 Å². The van der Waals surface area contributed by atoms with E-state index in [2.05, 4.69) is 34.4 Å². The highest BCUT2D eigenvalue weighted by Crippen LogP contribution is 2.47. The molecule has 1 aliphatic carbocycles. The number of amides is 1. The summed E-state index contributed by atoms with van der Waals surface area (Å²) < 4.78 is 7.75. The molecular weight excluding hydrogens is 478 g/mol. The highest BCUT2D eigenvalue weighted by Gasteiger charge is 2.47. The topological polar surface area (TPSA) is 84.4 Å². The van der Waals surface area contributed by atoms with Crippen LogP contribution in [0.4, 0.5) is 0 Å². The quantitative estimate of drug-likeness (QED) is 0.407. The van der Waals surface area contributed by atoms with Crippen molar-refractivity contribution in [2.75, 3.05) is 20.2 Å². The van der Waals surface area contributed by atoms with Gasteiger partial charge in [-0.3, -0.25) is 14.4 Å². The van der Waals surface area contributed by atoms with E-state index in [9.17, 15) is 14.4 Å². The third-order valence-corrected chi connectivity index (χ3v) is 8.92. The molecule has 0 radical (unpaired) electrons. The minimum absolute atomic E-state index is 0.0322. The first-order chi connectivity index (χ1) is 18.1. The third kappa shape index (κ3) is 4.67. The number of hydrogen-bond donors (Lipinski definition) is 1. The molecule has 2 aliphatic rings. The van der Waals surface area contributed by atoms with Gasteiger partial charge in [-0.15, -0.1) is 0 Å². The summed E-state index contributed by atoms with van der Waals surface area (Å²) in [5.74, 6) is 1.30. The van der Waals surface area contributed by atoms with Crippen molar-refractivity contribution >= 4 is 22.6 Å². The SMILES string of the molecule is COc1cc(C)[nH]c(=O)c1CCC(=O)c1c(C)n([C@H](C)C2CCN(C(=O)C3(C)CC3)CC2)c2ccccc12. The molecule has 1 atom stereocenters. The van der Waals surface area contributed by atoms with Gasteiger partial charge in [-0.05, 0) is 70.9 Å². The van der Waals surface area contributed by atoms with Crippen LogP contribution in [0.25, 0.3) is 10.9 Å². The molecule has 38 heavy (non-hydrogen) atoms. The van der Waals surface area contributed by atoms with Gasteiger partial charge in [-0.25, -0.2) is 0 Å². The van der Waals surface area contributed by atoms with Crippen LogP contribution in [0, 0.1) is 25.2 Å². The van der Waals surface area contributed by atoms with E-state index in [1.165, 1.54) is 0 Å². The van der Waals surface area contributed by atoms with Crippen molar-refractivity contribution in [2.24, 2.45) is 11.3 Å². The summed E-state index contributed by atoms with van der Waals surface area (Å²) in [6.07, 6.45) is 4.50. The Bertz CT molecular complexity index is 1440. The average molecular weight is 518 g/mol. The monoisotopic (exact) mass is 517 g/mol. The molecule has 1 aromatic carbocycles. The van der Waals surface area contributed by atoms with Crippen LogP contribution in [0.15, 0.2) is 35.1 Å². The van der Waals surface area contributed by atoms with E-state index in [0.29, 0.717) is 29.6 Å². The summed E-state index contributed by atoms with van der Waals surface area (Å²) >= 11 is 0. The van der Waals surface area contributed by atoms with Gasteiger partial charge in [0.25, 0.3) is 5.56 Å². The maximum absolute atomic E-state index is 13.7. The number of Topliss-reactive ketones (excluding diaryl/α,β-unsaturated/α-hetero) is 1. The molecule has 1 saturated carbocycles. The van der Waals surface area contributed by atoms with Crippen LogP contribution in [0.3, 0.4) is 0 Å². The predicted octanol–water partition coefficient (Wildman–Crippen LogP) is 5.37. The van der Waals surface area contributed by atoms with Crippen molar-refractivity contribution in [3.05, 3.63) is 63.2 Å². The molecule has 5 rings (SSSR count). The number of rotatable bonds is 8. The Morgan fingerprint density at radius 2 is 1.84 bits per heavy atom. The number of nitrogens with one attached hydrogen (secondary N) is 1. The predicted molar refractivity (Wildman–Crippen MR) is 149 cm³/mol. The zero-order valence-corrected chi connectivity index (χ0v) is 23.2. The van der Waals surface area contributed by atoms with E-state index >= 15 is 0 Å². The fourth-order valence-electron chi connectivity index (χ4n) is 6.32. The molecule has 0 unspecified atom stereocenters. The lowest BCUT2D eigenvalue weighted by Crippen LogP contribution is -2.43. The minimum Gasteiger partial charge on any atom is -0.496 e. The van der Waals surface area contributed by atoms with Gasteiger partial charge >= 0.3 is 0 Å². The summed E-state index contributed by atoms with van der Waals surface area (Å²) in [7, 11) is 1.55. The Morgan fingerprint density at radius 3 is 2.50 bits per heavy atom. The number of carbonyl (C=O) groups excluding carboxylic acids is 2. The lowest BCUT2D eigenvalue weighted by molar-refractivity contribution is -0.138. The van der Waals surface area contributed by atoms with E-state index in [-0.39, 0.29) is 29.2 Å². The van der Waals surface area contributed by atoms with Crippen LogP contribution in [0.2, 0.25) is 0 Å². The van der Waals surface area contributed by atoms with Crippen molar-refractivity contribution in [1.29, 1.82) is 0 Å².